The molecule has 0 atom stereocenters. The maximum atomic E-state index is 13.2. The van der Waals surface area contributed by atoms with Crippen LogP contribution in [0.4, 0.5) is 0 Å². The van der Waals surface area contributed by atoms with E-state index in [2.05, 4.69) is 4.98 Å². The van der Waals surface area contributed by atoms with E-state index < -0.39 is 0 Å². The molecule has 2 aliphatic heterocycles. The molecule has 0 saturated carbocycles. The number of carbonyl (C=O) groups excluding carboxylic acids is 2. The summed E-state index contributed by atoms with van der Waals surface area (Å²) in [4.78, 5) is 32.3. The molecule has 0 radical (unpaired) electrons. The average molecular weight is 444 g/mol. The molecular formula is C26H24N2O5. The highest BCUT2D eigenvalue weighted by atomic mass is 16.6. The van der Waals surface area contributed by atoms with Crippen LogP contribution in [0.25, 0.3) is 0 Å². The largest absolute Gasteiger partial charge is 0.486 e. The molecule has 0 unspecified atom stereocenters. The summed E-state index contributed by atoms with van der Waals surface area (Å²) >= 11 is 0. The Hall–Kier alpha value is -3.87. The number of fused-ring (bicyclic) bond motifs is 1. The Balaban J connectivity index is 1.24. The van der Waals surface area contributed by atoms with Gasteiger partial charge in [0.2, 0.25) is 5.88 Å². The van der Waals surface area contributed by atoms with Gasteiger partial charge in [0.25, 0.3) is 5.91 Å². The summed E-state index contributed by atoms with van der Waals surface area (Å²) < 4.78 is 17.0. The highest BCUT2D eigenvalue weighted by molar-refractivity contribution is 5.99. The van der Waals surface area contributed by atoms with Crippen LogP contribution in [-0.2, 0) is 0 Å². The number of nitrogens with zero attached hydrogens (tertiary/aromatic N) is 2. The second-order valence-corrected chi connectivity index (χ2v) is 8.06. The molecule has 33 heavy (non-hydrogen) atoms. The van der Waals surface area contributed by atoms with Gasteiger partial charge in [0.1, 0.15) is 24.5 Å². The summed E-state index contributed by atoms with van der Waals surface area (Å²) in [6.07, 6.45) is 2.82. The zero-order chi connectivity index (χ0) is 22.6. The summed E-state index contributed by atoms with van der Waals surface area (Å²) in [5.74, 6) is 1.99. The standard InChI is InChI=1S/C26H24N2O5/c29-24(19-8-9-22-23(17-19)32-16-15-31-22)18-10-13-28(14-11-18)26(30)21-7-4-12-27-25(21)33-20-5-2-1-3-6-20/h1-9,12,17-18H,10-11,13-16H2. The zero-order valence-corrected chi connectivity index (χ0v) is 18.1. The van der Waals surface area contributed by atoms with Crippen LogP contribution < -0.4 is 14.2 Å². The minimum Gasteiger partial charge on any atom is -0.486 e. The van der Waals surface area contributed by atoms with Gasteiger partial charge in [-0.1, -0.05) is 18.2 Å². The fourth-order valence-corrected chi connectivity index (χ4v) is 4.18. The Bertz CT molecular complexity index is 1160. The first-order valence-electron chi connectivity index (χ1n) is 11.1. The number of ether oxygens (including phenoxy) is 3. The van der Waals surface area contributed by atoms with Gasteiger partial charge in [-0.2, -0.15) is 0 Å². The van der Waals surface area contributed by atoms with Crippen molar-refractivity contribution in [1.29, 1.82) is 0 Å². The first-order chi connectivity index (χ1) is 16.2. The van der Waals surface area contributed by atoms with Gasteiger partial charge in [0.15, 0.2) is 17.3 Å². The van der Waals surface area contributed by atoms with Crippen molar-refractivity contribution < 1.29 is 23.8 Å². The number of rotatable bonds is 5. The van der Waals surface area contributed by atoms with Crippen LogP contribution in [0.3, 0.4) is 0 Å². The van der Waals surface area contributed by atoms with E-state index in [1.165, 1.54) is 0 Å². The number of benzene rings is 2. The van der Waals surface area contributed by atoms with Crippen LogP contribution in [0.15, 0.2) is 66.9 Å². The first-order valence-corrected chi connectivity index (χ1v) is 11.1. The number of Topliss-reactive ketones (excluding diaryl/α,β-unsaturated/α-hetero) is 1. The third-order valence-corrected chi connectivity index (χ3v) is 5.94. The minimum atomic E-state index is -0.140. The number of piperidine rings is 1. The zero-order valence-electron chi connectivity index (χ0n) is 18.1. The second kappa shape index (κ2) is 9.32. The van der Waals surface area contributed by atoms with Crippen molar-refractivity contribution in [2.45, 2.75) is 12.8 Å². The molecule has 1 saturated heterocycles. The fourth-order valence-electron chi connectivity index (χ4n) is 4.18. The number of carbonyl (C=O) groups is 2. The van der Waals surface area contributed by atoms with Gasteiger partial charge in [-0.15, -0.1) is 0 Å². The van der Waals surface area contributed by atoms with Crippen LogP contribution in [0, 0.1) is 5.92 Å². The van der Waals surface area contributed by atoms with E-state index in [1.54, 1.807) is 41.4 Å². The molecule has 0 bridgehead atoms. The maximum absolute atomic E-state index is 13.2. The molecule has 7 heteroatoms. The van der Waals surface area contributed by atoms with Gasteiger partial charge in [0.05, 0.1) is 0 Å². The van der Waals surface area contributed by atoms with Crippen LogP contribution in [-0.4, -0.2) is 47.9 Å². The Morgan fingerprint density at radius 2 is 1.67 bits per heavy atom. The number of hydrogen-bond acceptors (Lipinski definition) is 6. The molecule has 0 N–H and O–H groups in total. The molecule has 5 rings (SSSR count). The Labute approximate surface area is 191 Å². The smallest absolute Gasteiger partial charge is 0.259 e. The number of likely N-dealkylation sites (tertiary alicyclic amines) is 1. The van der Waals surface area contributed by atoms with E-state index in [4.69, 9.17) is 14.2 Å². The number of amides is 1. The van der Waals surface area contributed by atoms with Gasteiger partial charge in [-0.25, -0.2) is 4.98 Å². The van der Waals surface area contributed by atoms with E-state index in [9.17, 15) is 9.59 Å². The number of ketones is 1. The van der Waals surface area contributed by atoms with E-state index in [0.717, 1.165) is 0 Å². The lowest BCUT2D eigenvalue weighted by Crippen LogP contribution is -2.40. The topological polar surface area (TPSA) is 78.0 Å². The fraction of sp³-hybridized carbons (Fsp3) is 0.269. The monoisotopic (exact) mass is 444 g/mol. The predicted molar refractivity (Wildman–Crippen MR) is 121 cm³/mol. The number of hydrogen-bond donors (Lipinski definition) is 0. The molecule has 3 aromatic rings. The van der Waals surface area contributed by atoms with Crippen molar-refractivity contribution >= 4 is 11.7 Å². The van der Waals surface area contributed by atoms with Gasteiger partial charge >= 0.3 is 0 Å². The number of aromatic nitrogens is 1. The quantitative estimate of drug-likeness (QED) is 0.544. The molecule has 0 aliphatic carbocycles. The van der Waals surface area contributed by atoms with Gasteiger partial charge in [-0.05, 0) is 55.3 Å². The first kappa shape index (κ1) is 21.0. The SMILES string of the molecule is O=C(c1ccc2c(c1)OCCO2)C1CCN(C(=O)c2cccnc2Oc2ccccc2)CC1. The van der Waals surface area contributed by atoms with Crippen molar-refractivity contribution in [3.8, 4) is 23.1 Å². The molecule has 2 aromatic carbocycles. The summed E-state index contributed by atoms with van der Waals surface area (Å²) in [5.41, 5.74) is 1.03. The van der Waals surface area contributed by atoms with Crippen LogP contribution in [0.5, 0.6) is 23.1 Å². The van der Waals surface area contributed by atoms with E-state index in [-0.39, 0.29) is 23.5 Å². The van der Waals surface area contributed by atoms with Crippen molar-refractivity contribution in [2.24, 2.45) is 5.92 Å². The summed E-state index contributed by atoms with van der Waals surface area (Å²) in [6, 6.07) is 18.0. The maximum Gasteiger partial charge on any atom is 0.259 e. The van der Waals surface area contributed by atoms with Gasteiger partial charge < -0.3 is 19.1 Å². The molecule has 1 amide bonds. The Morgan fingerprint density at radius 3 is 2.45 bits per heavy atom. The molecule has 3 heterocycles. The Morgan fingerprint density at radius 1 is 0.909 bits per heavy atom. The van der Waals surface area contributed by atoms with Crippen molar-refractivity contribution in [3.63, 3.8) is 0 Å². The van der Waals surface area contributed by atoms with Crippen LogP contribution in [0.2, 0.25) is 0 Å². The van der Waals surface area contributed by atoms with E-state index >= 15 is 0 Å². The molecular weight excluding hydrogens is 420 g/mol. The van der Waals surface area contributed by atoms with Crippen molar-refractivity contribution in [1.82, 2.24) is 9.88 Å². The van der Waals surface area contributed by atoms with E-state index in [0.29, 0.717) is 67.5 Å². The van der Waals surface area contributed by atoms with Crippen molar-refractivity contribution in [3.05, 3.63) is 78.0 Å². The lowest BCUT2D eigenvalue weighted by molar-refractivity contribution is 0.0647. The summed E-state index contributed by atoms with van der Waals surface area (Å²) in [5, 5.41) is 0. The molecule has 7 nitrogen and oxygen atoms in total. The normalized spacial score (nSPS) is 15.7. The molecule has 2 aliphatic rings. The number of para-hydroxylation sites is 1. The average Bonchev–Trinajstić information content (AvgIpc) is 2.88. The third kappa shape index (κ3) is 4.53. The van der Waals surface area contributed by atoms with Crippen molar-refractivity contribution in [2.75, 3.05) is 26.3 Å². The molecule has 1 fully saturated rings. The highest BCUT2D eigenvalue weighted by Gasteiger charge is 2.30. The molecule has 168 valence electrons. The highest BCUT2D eigenvalue weighted by Crippen LogP contribution is 2.33. The lowest BCUT2D eigenvalue weighted by atomic mass is 9.88. The van der Waals surface area contributed by atoms with Gasteiger partial charge in [-0.3, -0.25) is 9.59 Å². The minimum absolute atomic E-state index is 0.0774. The molecule has 0 spiro atoms. The van der Waals surface area contributed by atoms with E-state index in [1.807, 2.05) is 30.3 Å². The van der Waals surface area contributed by atoms with Crippen LogP contribution in [0.1, 0.15) is 33.6 Å². The number of pyridine rings is 1. The Kier molecular flexibility index (Phi) is 5.93. The van der Waals surface area contributed by atoms with Gasteiger partial charge in [0, 0.05) is 30.8 Å². The predicted octanol–water partition coefficient (Wildman–Crippen LogP) is 4.38. The lowest BCUT2D eigenvalue weighted by Gasteiger charge is -2.31. The van der Waals surface area contributed by atoms with Crippen LogP contribution >= 0.6 is 0 Å². The summed E-state index contributed by atoms with van der Waals surface area (Å²) in [7, 11) is 0. The second-order valence-electron chi connectivity index (χ2n) is 8.06. The molecule has 1 aromatic heterocycles. The third-order valence-electron chi connectivity index (χ3n) is 5.94. The summed E-state index contributed by atoms with van der Waals surface area (Å²) in [6.45, 7) is 2.00.